The molecule has 0 radical (unpaired) electrons. The Bertz CT molecular complexity index is 681. The third kappa shape index (κ3) is 2.36. The molecule has 6 heteroatoms. The summed E-state index contributed by atoms with van der Waals surface area (Å²) in [4.78, 5) is 38.7. The highest BCUT2D eigenvalue weighted by molar-refractivity contribution is 6.21. The number of fused-ring (bicyclic) bond motifs is 1. The predicted molar refractivity (Wildman–Crippen MR) is 79.7 cm³/mol. The van der Waals surface area contributed by atoms with E-state index < -0.39 is 18.0 Å². The minimum Gasteiger partial charge on any atom is -0.333 e. The van der Waals surface area contributed by atoms with Gasteiger partial charge in [0, 0.05) is 13.1 Å². The summed E-state index contributed by atoms with van der Waals surface area (Å²) in [5, 5.41) is 2.64. The molecule has 3 rings (SSSR count). The topological polar surface area (TPSA) is 69.7 Å². The fourth-order valence-corrected chi connectivity index (χ4v) is 2.68. The maximum atomic E-state index is 12.2. The highest BCUT2D eigenvalue weighted by Gasteiger charge is 2.45. The van der Waals surface area contributed by atoms with Crippen molar-refractivity contribution in [2.24, 2.45) is 0 Å². The highest BCUT2D eigenvalue weighted by atomic mass is 16.2. The third-order valence-corrected chi connectivity index (χ3v) is 3.95. The first-order chi connectivity index (χ1) is 10.6. The Morgan fingerprint density at radius 3 is 2.77 bits per heavy atom. The second kappa shape index (κ2) is 5.63. The Balaban J connectivity index is 1.72. The lowest BCUT2D eigenvalue weighted by Gasteiger charge is -2.19. The van der Waals surface area contributed by atoms with Crippen LogP contribution in [0, 0.1) is 6.92 Å². The molecule has 5 amide bonds. The molecule has 0 aliphatic carbocycles. The van der Waals surface area contributed by atoms with Gasteiger partial charge in [0.05, 0.1) is 0 Å². The number of nitrogens with one attached hydrogen (secondary N) is 1. The molecule has 0 spiro atoms. The Kier molecular flexibility index (Phi) is 3.66. The number of carbonyl (C=O) groups is 3. The van der Waals surface area contributed by atoms with Crippen LogP contribution >= 0.6 is 0 Å². The van der Waals surface area contributed by atoms with Gasteiger partial charge >= 0.3 is 12.1 Å². The number of benzene rings is 1. The van der Waals surface area contributed by atoms with Crippen molar-refractivity contribution in [3.63, 3.8) is 0 Å². The average molecular weight is 299 g/mol. The second-order valence-corrected chi connectivity index (χ2v) is 5.39. The van der Waals surface area contributed by atoms with Crippen molar-refractivity contribution < 1.29 is 14.4 Å². The van der Waals surface area contributed by atoms with Gasteiger partial charge in [0.25, 0.3) is 5.91 Å². The van der Waals surface area contributed by atoms with E-state index in [9.17, 15) is 14.4 Å². The minimum absolute atomic E-state index is 0.279. The van der Waals surface area contributed by atoms with E-state index in [-0.39, 0.29) is 6.54 Å². The molecule has 1 saturated heterocycles. The zero-order valence-corrected chi connectivity index (χ0v) is 12.3. The smallest absolute Gasteiger partial charge is 0.333 e. The van der Waals surface area contributed by atoms with Crippen LogP contribution in [0.3, 0.4) is 0 Å². The molecule has 22 heavy (non-hydrogen) atoms. The number of nitrogens with zero attached hydrogens (tertiary/aromatic N) is 2. The van der Waals surface area contributed by atoms with E-state index in [2.05, 4.69) is 5.32 Å². The number of urea groups is 2. The molecular formula is C16H17N3O3. The van der Waals surface area contributed by atoms with Crippen LogP contribution in [-0.2, 0) is 11.3 Å². The monoisotopic (exact) mass is 299 g/mol. The van der Waals surface area contributed by atoms with Gasteiger partial charge in [0.1, 0.15) is 5.70 Å². The van der Waals surface area contributed by atoms with Gasteiger partial charge in [-0.1, -0.05) is 30.3 Å². The van der Waals surface area contributed by atoms with Crippen LogP contribution in [-0.4, -0.2) is 34.3 Å². The number of hydrogen-bond acceptors (Lipinski definition) is 3. The van der Waals surface area contributed by atoms with Crippen molar-refractivity contribution in [3.8, 4) is 0 Å². The van der Waals surface area contributed by atoms with Crippen molar-refractivity contribution in [1.82, 2.24) is 15.1 Å². The first-order valence-electron chi connectivity index (χ1n) is 7.28. The highest BCUT2D eigenvalue weighted by Crippen LogP contribution is 2.25. The van der Waals surface area contributed by atoms with E-state index in [1.165, 1.54) is 4.90 Å². The molecule has 1 fully saturated rings. The summed E-state index contributed by atoms with van der Waals surface area (Å²) in [6.45, 7) is 2.71. The van der Waals surface area contributed by atoms with E-state index in [4.69, 9.17) is 0 Å². The lowest BCUT2D eigenvalue weighted by Crippen LogP contribution is -2.44. The summed E-state index contributed by atoms with van der Waals surface area (Å²) >= 11 is 0. The van der Waals surface area contributed by atoms with Crippen LogP contribution in [0.15, 0.2) is 36.0 Å². The van der Waals surface area contributed by atoms with Crippen molar-refractivity contribution in [3.05, 3.63) is 47.2 Å². The van der Waals surface area contributed by atoms with Crippen LogP contribution < -0.4 is 5.32 Å². The summed E-state index contributed by atoms with van der Waals surface area (Å²) in [6.07, 6.45) is 3.28. The number of carbonyl (C=O) groups excluding carboxylic acids is 3. The standard InChI is InChI=1S/C16H17N3O3/c1-11-6-2-3-7-12(11)10-17-15(21)19-14(20)13-8-4-5-9-18(13)16(19)22/h2-3,6-8H,4-5,9-10H2,1H3,(H,17,21). The second-order valence-electron chi connectivity index (χ2n) is 5.39. The molecular weight excluding hydrogens is 282 g/mol. The molecule has 2 aliphatic heterocycles. The quantitative estimate of drug-likeness (QED) is 0.851. The lowest BCUT2D eigenvalue weighted by atomic mass is 10.1. The van der Waals surface area contributed by atoms with Crippen LogP contribution in [0.2, 0.25) is 0 Å². The summed E-state index contributed by atoms with van der Waals surface area (Å²) in [7, 11) is 0. The first-order valence-corrected chi connectivity index (χ1v) is 7.28. The van der Waals surface area contributed by atoms with E-state index >= 15 is 0 Å². The zero-order valence-electron chi connectivity index (χ0n) is 12.3. The number of imide groups is 3. The largest absolute Gasteiger partial charge is 0.340 e. The summed E-state index contributed by atoms with van der Waals surface area (Å²) < 4.78 is 0. The molecule has 6 nitrogen and oxygen atoms in total. The van der Waals surface area contributed by atoms with Gasteiger partial charge in [-0.15, -0.1) is 0 Å². The van der Waals surface area contributed by atoms with Crippen LogP contribution in [0.4, 0.5) is 9.59 Å². The summed E-state index contributed by atoms with van der Waals surface area (Å²) in [6, 6.07) is 6.41. The first kappa shape index (κ1) is 14.3. The molecule has 2 aliphatic rings. The lowest BCUT2D eigenvalue weighted by molar-refractivity contribution is -0.121. The minimum atomic E-state index is -0.673. The van der Waals surface area contributed by atoms with E-state index in [1.807, 2.05) is 31.2 Å². The van der Waals surface area contributed by atoms with Gasteiger partial charge in [-0.2, -0.15) is 4.90 Å². The molecule has 1 aromatic carbocycles. The number of amides is 5. The number of hydrogen-bond donors (Lipinski definition) is 1. The maximum absolute atomic E-state index is 12.2. The van der Waals surface area contributed by atoms with Crippen molar-refractivity contribution in [2.45, 2.75) is 26.3 Å². The van der Waals surface area contributed by atoms with Gasteiger partial charge in [-0.05, 0) is 30.9 Å². The van der Waals surface area contributed by atoms with Crippen molar-refractivity contribution in [1.29, 1.82) is 0 Å². The fraction of sp³-hybridized carbons (Fsp3) is 0.312. The Morgan fingerprint density at radius 1 is 1.27 bits per heavy atom. The maximum Gasteiger partial charge on any atom is 0.340 e. The van der Waals surface area contributed by atoms with E-state index in [0.717, 1.165) is 24.0 Å². The van der Waals surface area contributed by atoms with Gasteiger partial charge in [0.15, 0.2) is 0 Å². The van der Waals surface area contributed by atoms with Crippen LogP contribution in [0.5, 0.6) is 0 Å². The third-order valence-electron chi connectivity index (χ3n) is 3.95. The van der Waals surface area contributed by atoms with E-state index in [1.54, 1.807) is 6.08 Å². The van der Waals surface area contributed by atoms with Gasteiger partial charge in [-0.3, -0.25) is 9.69 Å². The number of rotatable bonds is 2. The zero-order chi connectivity index (χ0) is 15.7. The van der Waals surface area contributed by atoms with Gasteiger partial charge in [0.2, 0.25) is 0 Å². The molecule has 2 heterocycles. The molecule has 0 unspecified atom stereocenters. The Hall–Kier alpha value is -2.63. The Morgan fingerprint density at radius 2 is 2.05 bits per heavy atom. The average Bonchev–Trinajstić information content (AvgIpc) is 2.78. The normalized spacial score (nSPS) is 17.4. The number of allylic oxidation sites excluding steroid dienone is 1. The Labute approximate surface area is 128 Å². The van der Waals surface area contributed by atoms with Crippen molar-refractivity contribution in [2.75, 3.05) is 6.54 Å². The summed E-state index contributed by atoms with van der Waals surface area (Å²) in [5.74, 6) is -0.535. The molecule has 0 saturated carbocycles. The molecule has 0 aromatic heterocycles. The molecule has 1 aromatic rings. The predicted octanol–water partition coefficient (Wildman–Crippen LogP) is 2.15. The van der Waals surface area contributed by atoms with Crippen LogP contribution in [0.25, 0.3) is 0 Å². The number of aryl methyl sites for hydroxylation is 1. The molecule has 114 valence electrons. The SMILES string of the molecule is Cc1ccccc1CNC(=O)N1C(=O)C2=CCCCN2C1=O. The van der Waals surface area contributed by atoms with Gasteiger partial charge in [-0.25, -0.2) is 9.59 Å². The molecule has 0 bridgehead atoms. The van der Waals surface area contributed by atoms with Crippen LogP contribution in [0.1, 0.15) is 24.0 Å². The molecule has 1 N–H and O–H groups in total. The molecule has 0 atom stereocenters. The summed E-state index contributed by atoms with van der Waals surface area (Å²) in [5.41, 5.74) is 2.32. The fourth-order valence-electron chi connectivity index (χ4n) is 2.68. The van der Waals surface area contributed by atoms with Gasteiger partial charge < -0.3 is 5.32 Å². The van der Waals surface area contributed by atoms with Crippen molar-refractivity contribution >= 4 is 18.0 Å². The van der Waals surface area contributed by atoms with E-state index in [0.29, 0.717) is 17.1 Å².